The van der Waals surface area contributed by atoms with Crippen molar-refractivity contribution in [3.8, 4) is 0 Å². The zero-order chi connectivity index (χ0) is 14.4. The number of amides is 2. The number of carbonyl (C=O) groups is 1. The van der Waals surface area contributed by atoms with E-state index in [-0.39, 0.29) is 6.54 Å². The largest absolute Gasteiger partial charge is 0.619 e. The van der Waals surface area contributed by atoms with Gasteiger partial charge in [-0.25, -0.2) is 15.2 Å². The molecule has 1 aliphatic rings. The van der Waals surface area contributed by atoms with Gasteiger partial charge in [0.15, 0.2) is 12.4 Å². The zero-order valence-corrected chi connectivity index (χ0v) is 10.6. The number of nitrogens with one attached hydrogen (secondary N) is 1. The summed E-state index contributed by atoms with van der Waals surface area (Å²) in [6, 6.07) is 2.81. The molecule has 0 aromatic carbocycles. The topological polar surface area (TPSA) is 106 Å². The Morgan fingerprint density at radius 1 is 1.60 bits per heavy atom. The van der Waals surface area contributed by atoms with Crippen LogP contribution in [0.25, 0.3) is 0 Å². The zero-order valence-electron chi connectivity index (χ0n) is 10.6. The third-order valence-electron chi connectivity index (χ3n) is 2.29. The average Bonchev–Trinajstić information content (AvgIpc) is 2.45. The molecule has 0 unspecified atom stereocenters. The van der Waals surface area contributed by atoms with Gasteiger partial charge in [-0.3, -0.25) is 0 Å². The van der Waals surface area contributed by atoms with Gasteiger partial charge in [0.05, 0.1) is 24.5 Å². The van der Waals surface area contributed by atoms with E-state index >= 15 is 0 Å². The summed E-state index contributed by atoms with van der Waals surface area (Å²) in [4.78, 5) is 16.1. The second-order valence-corrected chi connectivity index (χ2v) is 3.74. The molecular weight excluding hydrogens is 264 g/mol. The lowest BCUT2D eigenvalue weighted by Crippen LogP contribution is -2.43. The summed E-state index contributed by atoms with van der Waals surface area (Å²) in [7, 11) is 1.40. The highest BCUT2D eigenvalue weighted by Crippen LogP contribution is 1.99. The molecule has 0 bridgehead atoms. The molecule has 104 valence electrons. The first-order chi connectivity index (χ1) is 9.69. The Balaban J connectivity index is 2.07. The molecule has 0 atom stereocenters. The fourth-order valence-corrected chi connectivity index (χ4v) is 1.40. The molecule has 2 rings (SSSR count). The minimum absolute atomic E-state index is 0.152. The van der Waals surface area contributed by atoms with Crippen molar-refractivity contribution in [3.63, 3.8) is 0 Å². The number of aromatic nitrogens is 1. The molecule has 0 fully saturated rings. The number of rotatable bonds is 4. The van der Waals surface area contributed by atoms with Crippen molar-refractivity contribution in [3.05, 3.63) is 35.3 Å². The number of carbonyl (C=O) groups excluding carboxylic acids is 1. The van der Waals surface area contributed by atoms with E-state index in [1.54, 1.807) is 12.1 Å². The summed E-state index contributed by atoms with van der Waals surface area (Å²) < 4.78 is 0.649. The highest BCUT2D eigenvalue weighted by atomic mass is 16.6. The van der Waals surface area contributed by atoms with Crippen molar-refractivity contribution in [2.45, 2.75) is 0 Å². The van der Waals surface area contributed by atoms with E-state index in [0.717, 1.165) is 5.01 Å². The molecule has 0 radical (unpaired) electrons. The van der Waals surface area contributed by atoms with Crippen LogP contribution in [-0.4, -0.2) is 42.8 Å². The number of oxime groups is 1. The summed E-state index contributed by atoms with van der Waals surface area (Å²) in [5, 5.41) is 23.6. The molecule has 20 heavy (non-hydrogen) atoms. The van der Waals surface area contributed by atoms with Crippen molar-refractivity contribution in [1.82, 2.24) is 10.4 Å². The first-order valence-corrected chi connectivity index (χ1v) is 5.62. The van der Waals surface area contributed by atoms with Crippen LogP contribution in [0.5, 0.6) is 0 Å². The molecule has 1 N–H and O–H groups in total. The third-order valence-corrected chi connectivity index (χ3v) is 2.29. The van der Waals surface area contributed by atoms with Crippen LogP contribution in [0.3, 0.4) is 0 Å². The Bertz CT molecular complexity index is 583. The maximum Gasteiger partial charge on any atom is 0.358 e. The SMILES string of the molecule is CON=CC1=NNC(=O)N(/N=C/c2ccc[n+]([O-])c2)C1. The van der Waals surface area contributed by atoms with Crippen LogP contribution in [0, 0.1) is 5.21 Å². The first-order valence-electron chi connectivity index (χ1n) is 5.62. The summed E-state index contributed by atoms with van der Waals surface area (Å²) >= 11 is 0. The molecule has 2 heterocycles. The van der Waals surface area contributed by atoms with Crippen LogP contribution >= 0.6 is 0 Å². The van der Waals surface area contributed by atoms with Crippen molar-refractivity contribution in [2.75, 3.05) is 13.7 Å². The normalized spacial score (nSPS) is 15.6. The van der Waals surface area contributed by atoms with Crippen LogP contribution < -0.4 is 10.2 Å². The van der Waals surface area contributed by atoms with Gasteiger partial charge in [0.2, 0.25) is 0 Å². The molecule has 1 aliphatic heterocycles. The van der Waals surface area contributed by atoms with Crippen LogP contribution in [0.2, 0.25) is 0 Å². The van der Waals surface area contributed by atoms with Crippen LogP contribution in [0.4, 0.5) is 4.79 Å². The van der Waals surface area contributed by atoms with Gasteiger partial charge in [-0.05, 0) is 6.07 Å². The van der Waals surface area contributed by atoms with E-state index in [4.69, 9.17) is 0 Å². The van der Waals surface area contributed by atoms with Crippen LogP contribution in [-0.2, 0) is 4.84 Å². The molecule has 2 amide bonds. The molecule has 0 saturated heterocycles. The van der Waals surface area contributed by atoms with Crippen molar-refractivity contribution < 1.29 is 14.4 Å². The Morgan fingerprint density at radius 2 is 2.45 bits per heavy atom. The molecule has 0 saturated carbocycles. The Kier molecular flexibility index (Phi) is 4.22. The average molecular weight is 276 g/mol. The summed E-state index contributed by atoms with van der Waals surface area (Å²) in [5.74, 6) is 0. The van der Waals surface area contributed by atoms with E-state index < -0.39 is 6.03 Å². The Morgan fingerprint density at radius 3 is 3.20 bits per heavy atom. The van der Waals surface area contributed by atoms with Gasteiger partial charge in [0, 0.05) is 6.07 Å². The van der Waals surface area contributed by atoms with E-state index in [1.807, 2.05) is 0 Å². The summed E-state index contributed by atoms with van der Waals surface area (Å²) in [6.07, 6.45) is 5.48. The highest BCUT2D eigenvalue weighted by Gasteiger charge is 2.19. The van der Waals surface area contributed by atoms with Gasteiger partial charge < -0.3 is 10.0 Å². The van der Waals surface area contributed by atoms with E-state index in [1.165, 1.54) is 31.9 Å². The minimum Gasteiger partial charge on any atom is -0.619 e. The third kappa shape index (κ3) is 3.51. The predicted molar refractivity (Wildman–Crippen MR) is 71.2 cm³/mol. The fourth-order valence-electron chi connectivity index (χ4n) is 1.40. The standard InChI is InChI=1S/C11H12N6O3/c1-20-13-6-10-8-17(11(18)15-14-10)12-5-9-3-2-4-16(19)7-9/h2-7H,8H2,1H3,(H,15,18)/b12-5+,13-6?. The number of hydrazone groups is 2. The molecule has 0 aliphatic carbocycles. The molecule has 1 aromatic rings. The number of hydrogen-bond acceptors (Lipinski definition) is 6. The van der Waals surface area contributed by atoms with Gasteiger partial charge in [-0.15, -0.1) is 0 Å². The summed E-state index contributed by atoms with van der Waals surface area (Å²) in [5.41, 5.74) is 3.34. The highest BCUT2D eigenvalue weighted by molar-refractivity contribution is 6.32. The van der Waals surface area contributed by atoms with Crippen molar-refractivity contribution >= 4 is 24.2 Å². The monoisotopic (exact) mass is 276 g/mol. The van der Waals surface area contributed by atoms with E-state index in [2.05, 4.69) is 25.6 Å². The molecule has 1 aromatic heterocycles. The fraction of sp³-hybridized carbons (Fsp3) is 0.182. The summed E-state index contributed by atoms with van der Waals surface area (Å²) in [6.45, 7) is 0.152. The molecular formula is C11H12N6O3. The van der Waals surface area contributed by atoms with Crippen molar-refractivity contribution in [2.24, 2.45) is 15.4 Å². The second-order valence-electron chi connectivity index (χ2n) is 3.74. The van der Waals surface area contributed by atoms with Gasteiger partial charge in [0.25, 0.3) is 0 Å². The maximum absolute atomic E-state index is 11.6. The number of pyridine rings is 1. The second kappa shape index (κ2) is 6.27. The van der Waals surface area contributed by atoms with Crippen LogP contribution in [0.1, 0.15) is 5.56 Å². The van der Waals surface area contributed by atoms with Gasteiger partial charge in [0.1, 0.15) is 12.8 Å². The first kappa shape index (κ1) is 13.5. The lowest BCUT2D eigenvalue weighted by Gasteiger charge is -2.20. The quantitative estimate of drug-likeness (QED) is 0.352. The van der Waals surface area contributed by atoms with Crippen LogP contribution in [0.15, 0.2) is 39.9 Å². The minimum atomic E-state index is -0.471. The number of hydrogen-bond donors (Lipinski definition) is 1. The van der Waals surface area contributed by atoms with Gasteiger partial charge in [-0.2, -0.15) is 14.9 Å². The van der Waals surface area contributed by atoms with Gasteiger partial charge >= 0.3 is 6.03 Å². The molecule has 9 nitrogen and oxygen atoms in total. The lowest BCUT2D eigenvalue weighted by molar-refractivity contribution is -0.605. The van der Waals surface area contributed by atoms with Gasteiger partial charge in [-0.1, -0.05) is 5.16 Å². The van der Waals surface area contributed by atoms with E-state index in [0.29, 0.717) is 16.0 Å². The number of urea groups is 1. The maximum atomic E-state index is 11.6. The Labute approximate surface area is 114 Å². The lowest BCUT2D eigenvalue weighted by atomic mass is 10.3. The molecule has 0 spiro atoms. The molecule has 9 heteroatoms. The predicted octanol–water partition coefficient (Wildman–Crippen LogP) is -0.333. The van der Waals surface area contributed by atoms with Crippen molar-refractivity contribution in [1.29, 1.82) is 0 Å². The smallest absolute Gasteiger partial charge is 0.358 e. The number of nitrogens with zero attached hydrogens (tertiary/aromatic N) is 5. The van der Waals surface area contributed by atoms with E-state index in [9.17, 15) is 10.0 Å². The Hall–Kier alpha value is -2.97.